The van der Waals surface area contributed by atoms with Crippen molar-refractivity contribution in [3.8, 4) is 0 Å². The Labute approximate surface area is 135 Å². The molecule has 0 aromatic heterocycles. The first-order valence-corrected chi connectivity index (χ1v) is 8.21. The van der Waals surface area contributed by atoms with Gasteiger partial charge in [-0.2, -0.15) is 0 Å². The van der Waals surface area contributed by atoms with Gasteiger partial charge in [0.05, 0.1) is 11.0 Å². The molecule has 4 aliphatic carbocycles. The lowest BCUT2D eigenvalue weighted by Gasteiger charge is -2.58. The normalized spacial score (nSPS) is 38.7. The van der Waals surface area contributed by atoms with E-state index in [1.165, 1.54) is 14.0 Å². The summed E-state index contributed by atoms with van der Waals surface area (Å²) in [5.74, 6) is -0.335. The number of carbonyl (C=O) groups excluding carboxylic acids is 3. The van der Waals surface area contributed by atoms with Crippen LogP contribution in [0.4, 0.5) is 4.79 Å². The average molecular weight is 324 g/mol. The van der Waals surface area contributed by atoms with Gasteiger partial charge in [0.1, 0.15) is 0 Å². The highest BCUT2D eigenvalue weighted by molar-refractivity contribution is 5.97. The molecule has 0 aliphatic heterocycles. The van der Waals surface area contributed by atoms with Crippen LogP contribution in [-0.4, -0.2) is 41.8 Å². The van der Waals surface area contributed by atoms with Crippen molar-refractivity contribution >= 4 is 17.9 Å². The lowest BCUT2D eigenvalue weighted by molar-refractivity contribution is -0.199. The summed E-state index contributed by atoms with van der Waals surface area (Å²) in [6, 6.07) is -0.637. The minimum Gasteiger partial charge on any atom is -0.452 e. The van der Waals surface area contributed by atoms with Crippen LogP contribution in [-0.2, 0) is 14.3 Å². The Morgan fingerprint density at radius 2 is 1.78 bits per heavy atom. The van der Waals surface area contributed by atoms with Gasteiger partial charge in [-0.25, -0.2) is 4.79 Å². The van der Waals surface area contributed by atoms with Crippen LogP contribution in [0.3, 0.4) is 0 Å². The number of imide groups is 1. The summed E-state index contributed by atoms with van der Waals surface area (Å²) in [6.45, 7) is 1.45. The van der Waals surface area contributed by atoms with Gasteiger partial charge in [0, 0.05) is 7.05 Å². The number of nitrogens with one attached hydrogen (secondary N) is 2. The highest BCUT2D eigenvalue weighted by Gasteiger charge is 2.61. The fourth-order valence-electron chi connectivity index (χ4n) is 5.07. The first-order valence-electron chi connectivity index (χ1n) is 8.21. The van der Waals surface area contributed by atoms with E-state index in [-0.39, 0.29) is 0 Å². The Balaban J connectivity index is 1.66. The van der Waals surface area contributed by atoms with Gasteiger partial charge in [0.2, 0.25) is 0 Å². The van der Waals surface area contributed by atoms with Gasteiger partial charge in [-0.05, 0) is 57.3 Å². The number of amides is 3. The number of carbonyl (C=O) groups is 3. The monoisotopic (exact) mass is 324 g/mol. The standard InChI is InChI=1S/C16H24N2O5/c1-9(12(19)18-14(21)17-2)23-13(20)15-4-10-3-11(5-15)7-16(22,6-10)8-15/h9-11,22H,3-8H2,1-2H3,(H2,17,18,19,21). The van der Waals surface area contributed by atoms with Gasteiger partial charge in [0.15, 0.2) is 6.10 Å². The SMILES string of the molecule is CNC(=O)NC(=O)C(C)OC(=O)C12CC3CC(CC(O)(C3)C1)C2. The lowest BCUT2D eigenvalue weighted by atomic mass is 9.48. The van der Waals surface area contributed by atoms with Gasteiger partial charge in [-0.15, -0.1) is 0 Å². The number of rotatable bonds is 3. The smallest absolute Gasteiger partial charge is 0.321 e. The fourth-order valence-corrected chi connectivity index (χ4v) is 5.07. The summed E-state index contributed by atoms with van der Waals surface area (Å²) in [4.78, 5) is 35.7. The molecule has 0 radical (unpaired) electrons. The van der Waals surface area contributed by atoms with E-state index >= 15 is 0 Å². The summed E-state index contributed by atoms with van der Waals surface area (Å²) in [5, 5.41) is 15.0. The maximum absolute atomic E-state index is 12.7. The second-order valence-corrected chi connectivity index (χ2v) is 7.58. The van der Waals surface area contributed by atoms with Crippen LogP contribution in [0.1, 0.15) is 45.4 Å². The minimum absolute atomic E-state index is 0.365. The Morgan fingerprint density at radius 3 is 2.30 bits per heavy atom. The zero-order chi connectivity index (χ0) is 16.8. The molecule has 4 saturated carbocycles. The minimum atomic E-state index is -1.04. The number of ether oxygens (including phenoxy) is 1. The highest BCUT2D eigenvalue weighted by atomic mass is 16.5. The Kier molecular flexibility index (Phi) is 3.86. The van der Waals surface area contributed by atoms with E-state index in [0.29, 0.717) is 18.3 Å². The summed E-state index contributed by atoms with van der Waals surface area (Å²) in [5.41, 5.74) is -1.42. The van der Waals surface area contributed by atoms with Crippen LogP contribution in [0.2, 0.25) is 0 Å². The number of urea groups is 1. The molecule has 4 aliphatic rings. The number of aliphatic hydroxyl groups is 1. The first kappa shape index (κ1) is 16.2. The summed E-state index contributed by atoms with van der Waals surface area (Å²) < 4.78 is 5.35. The Hall–Kier alpha value is -1.63. The maximum atomic E-state index is 12.7. The molecule has 4 fully saturated rings. The third-order valence-electron chi connectivity index (χ3n) is 5.58. The zero-order valence-electron chi connectivity index (χ0n) is 13.6. The van der Waals surface area contributed by atoms with Crippen LogP contribution in [0.5, 0.6) is 0 Å². The second kappa shape index (κ2) is 5.47. The van der Waals surface area contributed by atoms with E-state index in [0.717, 1.165) is 32.1 Å². The van der Waals surface area contributed by atoms with Gasteiger partial charge >= 0.3 is 12.0 Å². The van der Waals surface area contributed by atoms with Crippen molar-refractivity contribution in [2.45, 2.75) is 57.2 Å². The van der Waals surface area contributed by atoms with Crippen LogP contribution in [0.15, 0.2) is 0 Å². The lowest BCUT2D eigenvalue weighted by Crippen LogP contribution is -2.59. The summed E-state index contributed by atoms with van der Waals surface area (Å²) in [6.07, 6.45) is 3.46. The van der Waals surface area contributed by atoms with Gasteiger partial charge in [0.25, 0.3) is 5.91 Å². The molecule has 3 N–H and O–H groups in total. The predicted octanol–water partition coefficient (Wildman–Crippen LogP) is 0.705. The maximum Gasteiger partial charge on any atom is 0.321 e. The van der Waals surface area contributed by atoms with Crippen molar-refractivity contribution < 1.29 is 24.2 Å². The van der Waals surface area contributed by atoms with E-state index in [1.54, 1.807) is 0 Å². The molecular weight excluding hydrogens is 300 g/mol. The molecule has 0 spiro atoms. The van der Waals surface area contributed by atoms with E-state index in [9.17, 15) is 19.5 Å². The predicted molar refractivity (Wildman–Crippen MR) is 80.2 cm³/mol. The van der Waals surface area contributed by atoms with Crippen LogP contribution in [0.25, 0.3) is 0 Å². The van der Waals surface area contributed by atoms with Gasteiger partial charge in [-0.3, -0.25) is 14.9 Å². The van der Waals surface area contributed by atoms with Crippen molar-refractivity contribution in [1.82, 2.24) is 10.6 Å². The van der Waals surface area contributed by atoms with Crippen molar-refractivity contribution in [2.24, 2.45) is 17.3 Å². The molecule has 0 aromatic rings. The molecule has 0 heterocycles. The molecule has 4 rings (SSSR count). The molecule has 128 valence electrons. The third-order valence-corrected chi connectivity index (χ3v) is 5.58. The molecule has 23 heavy (non-hydrogen) atoms. The van der Waals surface area contributed by atoms with E-state index in [2.05, 4.69) is 10.6 Å². The van der Waals surface area contributed by atoms with Crippen molar-refractivity contribution in [2.75, 3.05) is 7.05 Å². The van der Waals surface area contributed by atoms with Crippen molar-refractivity contribution in [1.29, 1.82) is 0 Å². The van der Waals surface area contributed by atoms with E-state index in [1.807, 2.05) is 0 Å². The van der Waals surface area contributed by atoms with Crippen LogP contribution in [0, 0.1) is 17.3 Å². The highest BCUT2D eigenvalue weighted by Crippen LogP contribution is 2.62. The molecule has 3 unspecified atom stereocenters. The molecule has 0 aromatic carbocycles. The Bertz CT molecular complexity index is 533. The molecule has 4 bridgehead atoms. The van der Waals surface area contributed by atoms with Crippen LogP contribution < -0.4 is 10.6 Å². The zero-order valence-corrected chi connectivity index (χ0v) is 13.6. The third kappa shape index (κ3) is 2.94. The number of hydrogen-bond acceptors (Lipinski definition) is 5. The summed E-state index contributed by atoms with van der Waals surface area (Å²) in [7, 11) is 1.40. The average Bonchev–Trinajstić information content (AvgIpc) is 2.44. The summed E-state index contributed by atoms with van der Waals surface area (Å²) >= 11 is 0. The van der Waals surface area contributed by atoms with Crippen molar-refractivity contribution in [3.63, 3.8) is 0 Å². The molecule has 7 nitrogen and oxygen atoms in total. The molecule has 3 amide bonds. The fraction of sp³-hybridized carbons (Fsp3) is 0.812. The Morgan fingerprint density at radius 1 is 1.17 bits per heavy atom. The topological polar surface area (TPSA) is 105 Å². The van der Waals surface area contributed by atoms with Gasteiger partial charge < -0.3 is 15.2 Å². The molecule has 3 atom stereocenters. The largest absolute Gasteiger partial charge is 0.452 e. The first-order chi connectivity index (χ1) is 10.8. The van der Waals surface area contributed by atoms with Gasteiger partial charge in [-0.1, -0.05) is 0 Å². The van der Waals surface area contributed by atoms with Crippen LogP contribution >= 0.6 is 0 Å². The number of hydrogen-bond donors (Lipinski definition) is 3. The van der Waals surface area contributed by atoms with E-state index < -0.39 is 35.0 Å². The molecular formula is C16H24N2O5. The molecule has 7 heteroatoms. The van der Waals surface area contributed by atoms with E-state index in [4.69, 9.17) is 4.74 Å². The second-order valence-electron chi connectivity index (χ2n) is 7.58. The number of esters is 1. The quantitative estimate of drug-likeness (QED) is 0.663. The van der Waals surface area contributed by atoms with Crippen molar-refractivity contribution in [3.05, 3.63) is 0 Å². The molecule has 0 saturated heterocycles.